The number of hydrogen-bond donors (Lipinski definition) is 0. The predicted molar refractivity (Wildman–Crippen MR) is 67.3 cm³/mol. The van der Waals surface area contributed by atoms with E-state index in [0.717, 1.165) is 12.4 Å². The van der Waals surface area contributed by atoms with Gasteiger partial charge in [0.25, 0.3) is 0 Å². The molecule has 1 aromatic rings. The summed E-state index contributed by atoms with van der Waals surface area (Å²) in [5.74, 6) is 1.37. The van der Waals surface area contributed by atoms with Crippen LogP contribution < -0.4 is 4.90 Å². The van der Waals surface area contributed by atoms with E-state index in [0.29, 0.717) is 17.0 Å². The second-order valence-electron chi connectivity index (χ2n) is 4.46. The van der Waals surface area contributed by atoms with Gasteiger partial charge in [0.05, 0.1) is 6.20 Å². The Bertz CT molecular complexity index is 381. The van der Waals surface area contributed by atoms with E-state index in [-0.39, 0.29) is 5.28 Å². The molecule has 0 spiro atoms. The molecule has 2 heterocycles. The molecule has 0 N–H and O–H groups in total. The smallest absolute Gasteiger partial charge is 0.224 e. The standard InChI is InChI=1S/C11H15Cl2N3/c1-7(2)9-4-3-5-16(9)10-8(12)6-14-11(13)15-10/h6-7,9H,3-5H2,1-2H3. The van der Waals surface area contributed by atoms with Gasteiger partial charge in [0.15, 0.2) is 5.82 Å². The van der Waals surface area contributed by atoms with E-state index in [1.165, 1.54) is 12.8 Å². The van der Waals surface area contributed by atoms with Crippen LogP contribution in [-0.2, 0) is 0 Å². The molecular formula is C11H15Cl2N3. The minimum atomic E-state index is 0.258. The Morgan fingerprint density at radius 2 is 2.19 bits per heavy atom. The molecule has 0 aromatic carbocycles. The third-order valence-electron chi connectivity index (χ3n) is 3.04. The predicted octanol–water partition coefficient (Wildman–Crippen LogP) is 3.41. The molecule has 1 unspecified atom stereocenters. The van der Waals surface area contributed by atoms with Crippen molar-refractivity contribution in [2.45, 2.75) is 32.7 Å². The van der Waals surface area contributed by atoms with Gasteiger partial charge in [-0.2, -0.15) is 4.98 Å². The average Bonchev–Trinajstić information content (AvgIpc) is 2.70. The summed E-state index contributed by atoms with van der Waals surface area (Å²) in [6, 6.07) is 0.503. The number of anilines is 1. The molecule has 2 rings (SSSR count). The second-order valence-corrected chi connectivity index (χ2v) is 5.20. The van der Waals surface area contributed by atoms with E-state index in [9.17, 15) is 0 Å². The van der Waals surface area contributed by atoms with Crippen molar-refractivity contribution in [2.75, 3.05) is 11.4 Å². The van der Waals surface area contributed by atoms with Gasteiger partial charge < -0.3 is 4.90 Å². The molecular weight excluding hydrogens is 245 g/mol. The third-order valence-corrected chi connectivity index (χ3v) is 3.49. The number of aromatic nitrogens is 2. The molecule has 5 heteroatoms. The van der Waals surface area contributed by atoms with Gasteiger partial charge in [-0.3, -0.25) is 0 Å². The Morgan fingerprint density at radius 1 is 1.44 bits per heavy atom. The fraction of sp³-hybridized carbons (Fsp3) is 0.636. The van der Waals surface area contributed by atoms with E-state index in [1.807, 2.05) is 0 Å². The van der Waals surface area contributed by atoms with Gasteiger partial charge in [-0.15, -0.1) is 0 Å². The van der Waals surface area contributed by atoms with Gasteiger partial charge in [-0.25, -0.2) is 4.98 Å². The summed E-state index contributed by atoms with van der Waals surface area (Å²) >= 11 is 11.9. The van der Waals surface area contributed by atoms with Crippen LogP contribution >= 0.6 is 23.2 Å². The summed E-state index contributed by atoms with van der Waals surface area (Å²) in [6.07, 6.45) is 3.94. The Morgan fingerprint density at radius 3 is 2.88 bits per heavy atom. The van der Waals surface area contributed by atoms with Gasteiger partial charge in [0.2, 0.25) is 5.28 Å². The molecule has 0 aliphatic carbocycles. The lowest BCUT2D eigenvalue weighted by Crippen LogP contribution is -2.34. The first-order valence-electron chi connectivity index (χ1n) is 5.54. The van der Waals surface area contributed by atoms with Crippen LogP contribution in [0.25, 0.3) is 0 Å². The summed E-state index contributed by atoms with van der Waals surface area (Å²) in [5.41, 5.74) is 0. The van der Waals surface area contributed by atoms with E-state index in [2.05, 4.69) is 28.7 Å². The summed E-state index contributed by atoms with van der Waals surface area (Å²) in [7, 11) is 0. The zero-order valence-corrected chi connectivity index (χ0v) is 11.0. The van der Waals surface area contributed by atoms with Gasteiger partial charge in [-0.05, 0) is 30.4 Å². The number of nitrogens with zero attached hydrogens (tertiary/aromatic N) is 3. The normalized spacial score (nSPS) is 20.8. The number of rotatable bonds is 2. The highest BCUT2D eigenvalue weighted by molar-refractivity contribution is 6.33. The first-order chi connectivity index (χ1) is 7.59. The first-order valence-corrected chi connectivity index (χ1v) is 6.30. The summed E-state index contributed by atoms with van der Waals surface area (Å²) in [6.45, 7) is 5.44. The van der Waals surface area contributed by atoms with Gasteiger partial charge in [0, 0.05) is 12.6 Å². The van der Waals surface area contributed by atoms with Gasteiger partial charge >= 0.3 is 0 Å². The fourth-order valence-electron chi connectivity index (χ4n) is 2.29. The van der Waals surface area contributed by atoms with E-state index in [4.69, 9.17) is 23.2 Å². The highest BCUT2D eigenvalue weighted by Gasteiger charge is 2.29. The molecule has 0 amide bonds. The van der Waals surface area contributed by atoms with Crippen molar-refractivity contribution >= 4 is 29.0 Å². The second kappa shape index (κ2) is 4.76. The molecule has 1 fully saturated rings. The summed E-state index contributed by atoms with van der Waals surface area (Å²) < 4.78 is 0. The molecule has 88 valence electrons. The van der Waals surface area contributed by atoms with E-state index in [1.54, 1.807) is 6.20 Å². The lowest BCUT2D eigenvalue weighted by molar-refractivity contribution is 0.489. The van der Waals surface area contributed by atoms with Crippen molar-refractivity contribution in [1.29, 1.82) is 0 Å². The molecule has 1 aliphatic heterocycles. The molecule has 16 heavy (non-hydrogen) atoms. The minimum Gasteiger partial charge on any atom is -0.352 e. The largest absolute Gasteiger partial charge is 0.352 e. The lowest BCUT2D eigenvalue weighted by Gasteiger charge is -2.29. The SMILES string of the molecule is CC(C)C1CCCN1c1nc(Cl)ncc1Cl. The van der Waals surface area contributed by atoms with Crippen LogP contribution in [0, 0.1) is 5.92 Å². The van der Waals surface area contributed by atoms with E-state index >= 15 is 0 Å². The number of hydrogen-bond acceptors (Lipinski definition) is 3. The summed E-state index contributed by atoms with van der Waals surface area (Å²) in [4.78, 5) is 10.4. The average molecular weight is 260 g/mol. The highest BCUT2D eigenvalue weighted by atomic mass is 35.5. The van der Waals surface area contributed by atoms with Gasteiger partial charge in [0.1, 0.15) is 5.02 Å². The van der Waals surface area contributed by atoms with Crippen LogP contribution in [0.5, 0.6) is 0 Å². The zero-order valence-electron chi connectivity index (χ0n) is 9.45. The van der Waals surface area contributed by atoms with Crippen LogP contribution in [0.4, 0.5) is 5.82 Å². The van der Waals surface area contributed by atoms with Gasteiger partial charge in [-0.1, -0.05) is 25.4 Å². The van der Waals surface area contributed by atoms with Crippen molar-refractivity contribution in [3.8, 4) is 0 Å². The molecule has 3 nitrogen and oxygen atoms in total. The van der Waals surface area contributed by atoms with Crippen molar-refractivity contribution in [3.63, 3.8) is 0 Å². The zero-order chi connectivity index (χ0) is 11.7. The monoisotopic (exact) mass is 259 g/mol. The molecule has 1 saturated heterocycles. The minimum absolute atomic E-state index is 0.258. The molecule has 0 radical (unpaired) electrons. The Labute approximate surface area is 106 Å². The van der Waals surface area contributed by atoms with Crippen LogP contribution in [0.2, 0.25) is 10.3 Å². The maximum absolute atomic E-state index is 6.12. The highest BCUT2D eigenvalue weighted by Crippen LogP contribution is 2.32. The van der Waals surface area contributed by atoms with Crippen LogP contribution in [-0.4, -0.2) is 22.6 Å². The van der Waals surface area contributed by atoms with Crippen molar-refractivity contribution in [3.05, 3.63) is 16.5 Å². The Kier molecular flexibility index (Phi) is 3.55. The molecule has 1 aromatic heterocycles. The summed E-state index contributed by atoms with van der Waals surface area (Å²) in [5, 5.41) is 0.839. The van der Waals surface area contributed by atoms with Crippen LogP contribution in [0.3, 0.4) is 0 Å². The van der Waals surface area contributed by atoms with Crippen LogP contribution in [0.1, 0.15) is 26.7 Å². The van der Waals surface area contributed by atoms with Crippen molar-refractivity contribution in [2.24, 2.45) is 5.92 Å². The first kappa shape index (κ1) is 11.9. The Hall–Kier alpha value is -0.540. The quantitative estimate of drug-likeness (QED) is 0.763. The number of halogens is 2. The van der Waals surface area contributed by atoms with Crippen molar-refractivity contribution in [1.82, 2.24) is 9.97 Å². The molecule has 1 atom stereocenters. The molecule has 0 bridgehead atoms. The Balaban J connectivity index is 2.32. The van der Waals surface area contributed by atoms with Crippen LogP contribution in [0.15, 0.2) is 6.20 Å². The third kappa shape index (κ3) is 2.25. The molecule has 1 aliphatic rings. The maximum atomic E-state index is 6.12. The topological polar surface area (TPSA) is 29.0 Å². The fourth-order valence-corrected chi connectivity index (χ4v) is 2.62. The molecule has 0 saturated carbocycles. The van der Waals surface area contributed by atoms with Crippen molar-refractivity contribution < 1.29 is 0 Å². The van der Waals surface area contributed by atoms with E-state index < -0.39 is 0 Å². The lowest BCUT2D eigenvalue weighted by atomic mass is 10.0. The maximum Gasteiger partial charge on any atom is 0.224 e.